The Hall–Kier alpha value is -3.08. The standard InChI is InChI=1S/C20H19NO4/c1-3-14-8-10-15(11-9-14)21-18(22)12-24-20(23)19-13(2)16-6-4-5-7-17(16)25-19/h4-11H,3,12H2,1-2H3,(H,21,22). The lowest BCUT2D eigenvalue weighted by Gasteiger charge is -2.06. The third-order valence-electron chi connectivity index (χ3n) is 4.01. The Morgan fingerprint density at radius 3 is 2.48 bits per heavy atom. The molecule has 0 spiro atoms. The van der Waals surface area contributed by atoms with Crippen LogP contribution in [0.4, 0.5) is 5.69 Å². The molecule has 0 aliphatic heterocycles. The molecule has 5 nitrogen and oxygen atoms in total. The van der Waals surface area contributed by atoms with E-state index in [1.54, 1.807) is 13.0 Å². The first-order chi connectivity index (χ1) is 12.1. The van der Waals surface area contributed by atoms with Gasteiger partial charge in [0.15, 0.2) is 6.61 Å². The van der Waals surface area contributed by atoms with Gasteiger partial charge in [-0.1, -0.05) is 37.3 Å². The Labute approximate surface area is 145 Å². The Kier molecular flexibility index (Phi) is 4.84. The van der Waals surface area contributed by atoms with Crippen LogP contribution in [0.1, 0.15) is 28.6 Å². The van der Waals surface area contributed by atoms with E-state index in [1.165, 1.54) is 5.56 Å². The highest BCUT2D eigenvalue weighted by Gasteiger charge is 2.19. The number of fused-ring (bicyclic) bond motifs is 1. The molecule has 0 atom stereocenters. The highest BCUT2D eigenvalue weighted by Crippen LogP contribution is 2.25. The quantitative estimate of drug-likeness (QED) is 0.712. The van der Waals surface area contributed by atoms with Crippen LogP contribution in [0.3, 0.4) is 0 Å². The van der Waals surface area contributed by atoms with Crippen LogP contribution in [0.5, 0.6) is 0 Å². The van der Waals surface area contributed by atoms with Gasteiger partial charge in [-0.2, -0.15) is 0 Å². The molecule has 0 aliphatic carbocycles. The van der Waals surface area contributed by atoms with Crippen molar-refractivity contribution in [3.8, 4) is 0 Å². The fourth-order valence-corrected chi connectivity index (χ4v) is 2.59. The number of aryl methyl sites for hydroxylation is 2. The summed E-state index contributed by atoms with van der Waals surface area (Å²) in [6.45, 7) is 3.48. The van der Waals surface area contributed by atoms with Crippen molar-refractivity contribution in [3.05, 3.63) is 65.4 Å². The van der Waals surface area contributed by atoms with Gasteiger partial charge < -0.3 is 14.5 Å². The fourth-order valence-electron chi connectivity index (χ4n) is 2.59. The molecule has 0 aliphatic rings. The molecule has 0 unspecified atom stereocenters. The summed E-state index contributed by atoms with van der Waals surface area (Å²) in [7, 11) is 0. The van der Waals surface area contributed by atoms with Gasteiger partial charge in [0.2, 0.25) is 5.76 Å². The average Bonchev–Trinajstić information content (AvgIpc) is 2.97. The minimum absolute atomic E-state index is 0.126. The highest BCUT2D eigenvalue weighted by atomic mass is 16.5. The van der Waals surface area contributed by atoms with Crippen LogP contribution in [0, 0.1) is 6.92 Å². The van der Waals surface area contributed by atoms with Gasteiger partial charge in [-0.25, -0.2) is 4.79 Å². The zero-order chi connectivity index (χ0) is 17.8. The van der Waals surface area contributed by atoms with Gasteiger partial charge in [0, 0.05) is 16.6 Å². The molecule has 0 saturated carbocycles. The zero-order valence-electron chi connectivity index (χ0n) is 14.2. The van der Waals surface area contributed by atoms with E-state index in [0.29, 0.717) is 16.8 Å². The van der Waals surface area contributed by atoms with Gasteiger partial charge in [-0.15, -0.1) is 0 Å². The Balaban J connectivity index is 1.60. The minimum atomic E-state index is -0.648. The van der Waals surface area contributed by atoms with Crippen LogP contribution in [0.25, 0.3) is 11.0 Å². The molecule has 3 rings (SSSR count). The molecule has 0 fully saturated rings. The van der Waals surface area contributed by atoms with E-state index < -0.39 is 11.9 Å². The predicted molar refractivity (Wildman–Crippen MR) is 95.7 cm³/mol. The normalized spacial score (nSPS) is 10.6. The number of amides is 1. The van der Waals surface area contributed by atoms with Crippen LogP contribution in [0.2, 0.25) is 0 Å². The maximum absolute atomic E-state index is 12.2. The summed E-state index contributed by atoms with van der Waals surface area (Å²) in [6.07, 6.45) is 0.933. The topological polar surface area (TPSA) is 68.5 Å². The average molecular weight is 337 g/mol. The molecular weight excluding hydrogens is 318 g/mol. The van der Waals surface area contributed by atoms with Crippen molar-refractivity contribution in [1.82, 2.24) is 0 Å². The molecule has 128 valence electrons. The van der Waals surface area contributed by atoms with E-state index in [2.05, 4.69) is 12.2 Å². The largest absolute Gasteiger partial charge is 0.450 e. The molecule has 5 heteroatoms. The molecule has 25 heavy (non-hydrogen) atoms. The van der Waals surface area contributed by atoms with Crippen LogP contribution >= 0.6 is 0 Å². The molecule has 1 aromatic heterocycles. The smallest absolute Gasteiger partial charge is 0.375 e. The second kappa shape index (κ2) is 7.21. The number of anilines is 1. The fraction of sp³-hybridized carbons (Fsp3) is 0.200. The maximum Gasteiger partial charge on any atom is 0.375 e. The Morgan fingerprint density at radius 1 is 1.08 bits per heavy atom. The van der Waals surface area contributed by atoms with Gasteiger partial charge in [0.1, 0.15) is 5.58 Å². The van der Waals surface area contributed by atoms with Gasteiger partial charge in [-0.3, -0.25) is 4.79 Å². The molecule has 0 bridgehead atoms. The summed E-state index contributed by atoms with van der Waals surface area (Å²) >= 11 is 0. The van der Waals surface area contributed by atoms with Crippen molar-refractivity contribution < 1.29 is 18.7 Å². The molecule has 0 radical (unpaired) electrons. The van der Waals surface area contributed by atoms with Crippen LogP contribution in [0.15, 0.2) is 52.9 Å². The lowest BCUT2D eigenvalue weighted by molar-refractivity contribution is -0.119. The van der Waals surface area contributed by atoms with E-state index in [0.717, 1.165) is 11.8 Å². The molecule has 1 heterocycles. The summed E-state index contributed by atoms with van der Waals surface area (Å²) in [6, 6.07) is 14.9. The lowest BCUT2D eigenvalue weighted by atomic mass is 10.1. The third-order valence-corrected chi connectivity index (χ3v) is 4.01. The molecule has 1 N–H and O–H groups in total. The van der Waals surface area contributed by atoms with Gasteiger partial charge in [-0.05, 0) is 37.1 Å². The molecule has 2 aromatic carbocycles. The highest BCUT2D eigenvalue weighted by molar-refractivity contribution is 5.98. The number of carbonyl (C=O) groups is 2. The first kappa shape index (κ1) is 16.8. The van der Waals surface area contributed by atoms with Crippen LogP contribution < -0.4 is 5.32 Å². The lowest BCUT2D eigenvalue weighted by Crippen LogP contribution is -2.21. The minimum Gasteiger partial charge on any atom is -0.450 e. The number of hydrogen-bond donors (Lipinski definition) is 1. The number of hydrogen-bond acceptors (Lipinski definition) is 4. The second-order valence-electron chi connectivity index (χ2n) is 5.73. The number of carbonyl (C=O) groups excluding carboxylic acids is 2. The predicted octanol–water partition coefficient (Wildman–Crippen LogP) is 4.10. The first-order valence-corrected chi connectivity index (χ1v) is 8.12. The van der Waals surface area contributed by atoms with E-state index in [-0.39, 0.29) is 12.4 Å². The van der Waals surface area contributed by atoms with E-state index in [1.807, 2.05) is 42.5 Å². The summed E-state index contributed by atoms with van der Waals surface area (Å²) in [5.74, 6) is -0.919. The maximum atomic E-state index is 12.2. The Bertz CT molecular complexity index is 909. The SMILES string of the molecule is CCc1ccc(NC(=O)COC(=O)c2oc3ccccc3c2C)cc1. The van der Waals surface area contributed by atoms with E-state index >= 15 is 0 Å². The number of para-hydroxylation sites is 1. The van der Waals surface area contributed by atoms with Gasteiger partial charge >= 0.3 is 5.97 Å². The molecular formula is C20H19NO4. The van der Waals surface area contributed by atoms with Crippen molar-refractivity contribution >= 4 is 28.5 Å². The summed E-state index contributed by atoms with van der Waals surface area (Å²) in [5, 5.41) is 3.55. The number of furan rings is 1. The van der Waals surface area contributed by atoms with Gasteiger partial charge in [0.25, 0.3) is 5.91 Å². The molecule has 1 amide bonds. The number of rotatable bonds is 5. The number of benzene rings is 2. The first-order valence-electron chi connectivity index (χ1n) is 8.12. The third kappa shape index (κ3) is 3.71. The number of nitrogens with one attached hydrogen (secondary N) is 1. The second-order valence-corrected chi connectivity index (χ2v) is 5.73. The number of ether oxygens (including phenoxy) is 1. The zero-order valence-corrected chi connectivity index (χ0v) is 14.2. The number of esters is 1. The summed E-state index contributed by atoms with van der Waals surface area (Å²) in [5.41, 5.74) is 3.17. The molecule has 0 saturated heterocycles. The molecule has 3 aromatic rings. The summed E-state index contributed by atoms with van der Waals surface area (Å²) < 4.78 is 10.6. The van der Waals surface area contributed by atoms with Crippen molar-refractivity contribution in [2.75, 3.05) is 11.9 Å². The van der Waals surface area contributed by atoms with Crippen molar-refractivity contribution in [2.24, 2.45) is 0 Å². The van der Waals surface area contributed by atoms with Crippen molar-refractivity contribution in [2.45, 2.75) is 20.3 Å². The van der Waals surface area contributed by atoms with Crippen molar-refractivity contribution in [3.63, 3.8) is 0 Å². The monoisotopic (exact) mass is 337 g/mol. The Morgan fingerprint density at radius 2 is 1.80 bits per heavy atom. The summed E-state index contributed by atoms with van der Waals surface area (Å²) in [4.78, 5) is 24.1. The van der Waals surface area contributed by atoms with Crippen LogP contribution in [-0.2, 0) is 16.0 Å². The van der Waals surface area contributed by atoms with E-state index in [4.69, 9.17) is 9.15 Å². The van der Waals surface area contributed by atoms with Crippen LogP contribution in [-0.4, -0.2) is 18.5 Å². The van der Waals surface area contributed by atoms with E-state index in [9.17, 15) is 9.59 Å². The van der Waals surface area contributed by atoms with Gasteiger partial charge in [0.05, 0.1) is 0 Å². The van der Waals surface area contributed by atoms with Crippen molar-refractivity contribution in [1.29, 1.82) is 0 Å².